The van der Waals surface area contributed by atoms with Gasteiger partial charge in [-0.2, -0.15) is 4.98 Å². The average Bonchev–Trinajstić information content (AvgIpc) is 3.18. The first kappa shape index (κ1) is 18.4. The molecule has 1 aliphatic rings. The lowest BCUT2D eigenvalue weighted by molar-refractivity contribution is -0.117. The molecule has 0 saturated carbocycles. The van der Waals surface area contributed by atoms with E-state index in [0.717, 1.165) is 24.1 Å². The molecule has 1 saturated heterocycles. The summed E-state index contributed by atoms with van der Waals surface area (Å²) >= 11 is 0. The number of methoxy groups -OCH3 is 1. The first-order chi connectivity index (χ1) is 12.3. The molecule has 6 heteroatoms. The number of rotatable bonds is 5. The maximum atomic E-state index is 12.6. The van der Waals surface area contributed by atoms with E-state index in [0.29, 0.717) is 30.4 Å². The van der Waals surface area contributed by atoms with Gasteiger partial charge in [-0.1, -0.05) is 32.0 Å². The van der Waals surface area contributed by atoms with Crippen LogP contribution >= 0.6 is 0 Å². The van der Waals surface area contributed by atoms with Crippen molar-refractivity contribution in [2.45, 2.75) is 52.9 Å². The molecule has 0 N–H and O–H groups in total. The van der Waals surface area contributed by atoms with Crippen LogP contribution in [0.2, 0.25) is 0 Å². The van der Waals surface area contributed by atoms with Crippen LogP contribution in [0.15, 0.2) is 22.7 Å². The molecule has 140 valence electrons. The zero-order chi connectivity index (χ0) is 18.9. The molecular weight excluding hydrogens is 330 g/mol. The highest BCUT2D eigenvalue weighted by Gasteiger charge is 2.36. The summed E-state index contributed by atoms with van der Waals surface area (Å²) in [4.78, 5) is 18.9. The molecule has 1 fully saturated rings. The topological polar surface area (TPSA) is 68.5 Å². The third kappa shape index (κ3) is 4.06. The second-order valence-electron chi connectivity index (χ2n) is 8.19. The molecule has 0 bridgehead atoms. The molecule has 1 aromatic heterocycles. The second-order valence-corrected chi connectivity index (χ2v) is 8.19. The SMILES string of the molecule is COc1ccc(C)cc1N1CC(c2nc(CCC(C)(C)C)no2)CC1=O. The minimum Gasteiger partial charge on any atom is -0.495 e. The van der Waals surface area contributed by atoms with Crippen molar-refractivity contribution in [2.75, 3.05) is 18.6 Å². The highest BCUT2D eigenvalue weighted by molar-refractivity contribution is 5.97. The quantitative estimate of drug-likeness (QED) is 0.812. The van der Waals surface area contributed by atoms with Gasteiger partial charge in [0.15, 0.2) is 5.82 Å². The Kier molecular flexibility index (Phi) is 5.03. The molecule has 1 aliphatic heterocycles. The average molecular weight is 357 g/mol. The lowest BCUT2D eigenvalue weighted by atomic mass is 9.90. The lowest BCUT2D eigenvalue weighted by Crippen LogP contribution is -2.25. The molecule has 6 nitrogen and oxygen atoms in total. The van der Waals surface area contributed by atoms with Gasteiger partial charge in [-0.25, -0.2) is 0 Å². The third-order valence-corrected chi connectivity index (χ3v) is 4.68. The van der Waals surface area contributed by atoms with Crippen LogP contribution in [-0.2, 0) is 11.2 Å². The van der Waals surface area contributed by atoms with E-state index in [1.807, 2.05) is 25.1 Å². The predicted octanol–water partition coefficient (Wildman–Crippen LogP) is 3.89. The lowest BCUT2D eigenvalue weighted by Gasteiger charge is -2.19. The molecule has 26 heavy (non-hydrogen) atoms. The predicted molar refractivity (Wildman–Crippen MR) is 99.5 cm³/mol. The third-order valence-electron chi connectivity index (χ3n) is 4.68. The fraction of sp³-hybridized carbons (Fsp3) is 0.550. The number of aryl methyl sites for hydroxylation is 2. The van der Waals surface area contributed by atoms with Crippen molar-refractivity contribution < 1.29 is 14.1 Å². The maximum absolute atomic E-state index is 12.6. The number of hydrogen-bond donors (Lipinski definition) is 0. The van der Waals surface area contributed by atoms with Crippen LogP contribution < -0.4 is 9.64 Å². The first-order valence-corrected chi connectivity index (χ1v) is 9.04. The largest absolute Gasteiger partial charge is 0.495 e. The monoisotopic (exact) mass is 357 g/mol. The van der Waals surface area contributed by atoms with E-state index in [2.05, 4.69) is 30.9 Å². The van der Waals surface area contributed by atoms with E-state index < -0.39 is 0 Å². The molecule has 1 amide bonds. The zero-order valence-corrected chi connectivity index (χ0v) is 16.2. The Balaban J connectivity index is 1.74. The van der Waals surface area contributed by atoms with Gasteiger partial charge in [0.1, 0.15) is 5.75 Å². The van der Waals surface area contributed by atoms with Gasteiger partial charge in [0, 0.05) is 19.4 Å². The van der Waals surface area contributed by atoms with Gasteiger partial charge in [-0.3, -0.25) is 4.79 Å². The van der Waals surface area contributed by atoms with Crippen molar-refractivity contribution in [3.8, 4) is 5.75 Å². The van der Waals surface area contributed by atoms with Gasteiger partial charge >= 0.3 is 0 Å². The van der Waals surface area contributed by atoms with Crippen LogP contribution in [0, 0.1) is 12.3 Å². The van der Waals surface area contributed by atoms with E-state index in [1.165, 1.54) is 0 Å². The fourth-order valence-corrected chi connectivity index (χ4v) is 3.14. The number of anilines is 1. The molecule has 0 aliphatic carbocycles. The maximum Gasteiger partial charge on any atom is 0.232 e. The van der Waals surface area contributed by atoms with Crippen LogP contribution in [0.5, 0.6) is 5.75 Å². The van der Waals surface area contributed by atoms with Crippen molar-refractivity contribution in [3.05, 3.63) is 35.5 Å². The number of nitrogens with zero attached hydrogens (tertiary/aromatic N) is 3. The minimum absolute atomic E-state index is 0.0494. The molecular formula is C20H27N3O3. The van der Waals surface area contributed by atoms with Crippen LogP contribution in [0.3, 0.4) is 0 Å². The number of carbonyl (C=O) groups is 1. The van der Waals surface area contributed by atoms with Crippen LogP contribution in [0.4, 0.5) is 5.69 Å². The first-order valence-electron chi connectivity index (χ1n) is 9.04. The van der Waals surface area contributed by atoms with E-state index in [-0.39, 0.29) is 17.2 Å². The molecule has 3 rings (SSSR count). The van der Waals surface area contributed by atoms with E-state index in [1.54, 1.807) is 12.0 Å². The Labute approximate surface area is 154 Å². The van der Waals surface area contributed by atoms with Crippen molar-refractivity contribution in [3.63, 3.8) is 0 Å². The molecule has 1 atom stereocenters. The highest BCUT2D eigenvalue weighted by Crippen LogP contribution is 2.36. The van der Waals surface area contributed by atoms with Gasteiger partial charge in [-0.05, 0) is 36.5 Å². The fourth-order valence-electron chi connectivity index (χ4n) is 3.14. The standard InChI is InChI=1S/C20H27N3O3/c1-13-6-7-16(25-5)15(10-13)23-12-14(11-18(23)24)19-21-17(22-26-19)8-9-20(2,3)4/h6-7,10,14H,8-9,11-12H2,1-5H3. The van der Waals surface area contributed by atoms with Gasteiger partial charge < -0.3 is 14.2 Å². The number of carbonyl (C=O) groups excluding carboxylic acids is 1. The van der Waals surface area contributed by atoms with Crippen LogP contribution in [0.1, 0.15) is 56.8 Å². The summed E-state index contributed by atoms with van der Waals surface area (Å²) in [6.45, 7) is 9.10. The molecule has 2 heterocycles. The Bertz CT molecular complexity index is 792. The molecule has 2 aromatic rings. The van der Waals surface area contributed by atoms with Crippen molar-refractivity contribution >= 4 is 11.6 Å². The summed E-state index contributed by atoms with van der Waals surface area (Å²) in [5.41, 5.74) is 2.11. The van der Waals surface area contributed by atoms with Gasteiger partial charge in [0.05, 0.1) is 18.7 Å². The Hall–Kier alpha value is -2.37. The molecule has 0 radical (unpaired) electrons. The summed E-state index contributed by atoms with van der Waals surface area (Å²) in [6.07, 6.45) is 2.14. The summed E-state index contributed by atoms with van der Waals surface area (Å²) < 4.78 is 10.9. The van der Waals surface area contributed by atoms with Crippen molar-refractivity contribution in [1.29, 1.82) is 0 Å². The molecule has 0 spiro atoms. The van der Waals surface area contributed by atoms with E-state index >= 15 is 0 Å². The summed E-state index contributed by atoms with van der Waals surface area (Å²) in [5.74, 6) is 1.93. The van der Waals surface area contributed by atoms with Crippen LogP contribution in [0.25, 0.3) is 0 Å². The second kappa shape index (κ2) is 7.09. The number of benzene rings is 1. The molecule has 1 unspecified atom stereocenters. The van der Waals surface area contributed by atoms with Crippen LogP contribution in [-0.4, -0.2) is 29.7 Å². The Morgan fingerprint density at radius 1 is 1.35 bits per heavy atom. The van der Waals surface area contributed by atoms with Gasteiger partial charge in [0.2, 0.25) is 11.8 Å². The van der Waals surface area contributed by atoms with E-state index in [4.69, 9.17) is 9.26 Å². The summed E-state index contributed by atoms with van der Waals surface area (Å²) in [7, 11) is 1.62. The summed E-state index contributed by atoms with van der Waals surface area (Å²) in [5, 5.41) is 4.09. The minimum atomic E-state index is -0.0800. The number of aromatic nitrogens is 2. The van der Waals surface area contributed by atoms with Crippen molar-refractivity contribution in [1.82, 2.24) is 10.1 Å². The Morgan fingerprint density at radius 3 is 2.81 bits per heavy atom. The zero-order valence-electron chi connectivity index (χ0n) is 16.2. The normalized spacial score (nSPS) is 17.8. The summed E-state index contributed by atoms with van der Waals surface area (Å²) in [6, 6.07) is 5.84. The highest BCUT2D eigenvalue weighted by atomic mass is 16.5. The van der Waals surface area contributed by atoms with Gasteiger partial charge in [-0.15, -0.1) is 0 Å². The Morgan fingerprint density at radius 2 is 2.12 bits per heavy atom. The molecule has 1 aromatic carbocycles. The number of ether oxygens (including phenoxy) is 1. The van der Waals surface area contributed by atoms with Crippen molar-refractivity contribution in [2.24, 2.45) is 5.41 Å². The number of amides is 1. The smallest absolute Gasteiger partial charge is 0.232 e. The van der Waals surface area contributed by atoms with Gasteiger partial charge in [0.25, 0.3) is 0 Å². The number of hydrogen-bond acceptors (Lipinski definition) is 5. The van der Waals surface area contributed by atoms with E-state index in [9.17, 15) is 4.79 Å².